The molecule has 1 amide bonds. The highest BCUT2D eigenvalue weighted by molar-refractivity contribution is 6.36. The van der Waals surface area contributed by atoms with Gasteiger partial charge in [0, 0.05) is 54.4 Å². The SMILES string of the molecule is CN1C[C@H](F)C[C@H]1COc1nc(N2CCN(C(=O)O)[C@@H](CC#N)C2)c2cnc(-c3cccc4cccc(Cl)c34)c(F)c2n1. The Balaban J connectivity index is 1.46. The highest BCUT2D eigenvalue weighted by atomic mass is 35.5. The zero-order valence-corrected chi connectivity index (χ0v) is 24.0. The van der Waals surface area contributed by atoms with E-state index in [1.807, 2.05) is 36.2 Å². The number of ether oxygens (including phenoxy) is 1. The summed E-state index contributed by atoms with van der Waals surface area (Å²) in [6.07, 6.45) is -0.313. The Labute approximate surface area is 251 Å². The van der Waals surface area contributed by atoms with Gasteiger partial charge in [-0.1, -0.05) is 41.9 Å². The number of fused-ring (bicyclic) bond motifs is 2. The lowest BCUT2D eigenvalue weighted by molar-refractivity contribution is 0.119. The van der Waals surface area contributed by atoms with Crippen molar-refractivity contribution in [3.8, 4) is 23.3 Å². The molecule has 4 aromatic rings. The average Bonchev–Trinajstić information content (AvgIpc) is 3.32. The van der Waals surface area contributed by atoms with E-state index in [1.165, 1.54) is 11.1 Å². The Morgan fingerprint density at radius 3 is 2.70 bits per heavy atom. The number of amides is 1. The van der Waals surface area contributed by atoms with Crippen LogP contribution in [0.2, 0.25) is 5.02 Å². The molecule has 2 fully saturated rings. The minimum Gasteiger partial charge on any atom is -0.465 e. The number of hydrogen-bond acceptors (Lipinski definition) is 8. The molecule has 2 saturated heterocycles. The lowest BCUT2D eigenvalue weighted by Gasteiger charge is -2.39. The molecule has 2 aliphatic rings. The van der Waals surface area contributed by atoms with E-state index in [9.17, 15) is 19.6 Å². The number of nitrogens with zero attached hydrogens (tertiary/aromatic N) is 7. The Kier molecular flexibility index (Phi) is 7.85. The minimum atomic E-state index is -1.12. The normalized spacial score (nSPS) is 21.0. The topological polar surface area (TPSA) is 119 Å². The Bertz CT molecular complexity index is 1750. The fourth-order valence-electron chi connectivity index (χ4n) is 5.96. The average molecular weight is 608 g/mol. The summed E-state index contributed by atoms with van der Waals surface area (Å²) in [4.78, 5) is 30.2. The molecule has 0 bridgehead atoms. The highest BCUT2D eigenvalue weighted by Gasteiger charge is 2.33. The van der Waals surface area contributed by atoms with Gasteiger partial charge < -0.3 is 19.6 Å². The van der Waals surface area contributed by atoms with Gasteiger partial charge in [0.1, 0.15) is 29.8 Å². The van der Waals surface area contributed by atoms with Crippen LogP contribution < -0.4 is 9.64 Å². The number of hydrogen-bond donors (Lipinski definition) is 1. The first-order valence-electron chi connectivity index (χ1n) is 13.9. The van der Waals surface area contributed by atoms with Gasteiger partial charge >= 0.3 is 12.1 Å². The Hall–Kier alpha value is -4.34. The summed E-state index contributed by atoms with van der Waals surface area (Å²) in [5, 5.41) is 21.2. The number of aromatic nitrogens is 3. The maximum atomic E-state index is 16.5. The molecule has 0 unspecified atom stereocenters. The molecule has 13 heteroatoms. The molecule has 0 saturated carbocycles. The zero-order chi connectivity index (χ0) is 30.2. The minimum absolute atomic E-state index is 0.0216. The molecule has 222 valence electrons. The lowest BCUT2D eigenvalue weighted by atomic mass is 10.0. The first-order chi connectivity index (χ1) is 20.7. The number of rotatable bonds is 6. The number of likely N-dealkylation sites (tertiary alicyclic amines) is 1. The maximum absolute atomic E-state index is 16.5. The summed E-state index contributed by atoms with van der Waals surface area (Å²) >= 11 is 6.53. The molecule has 43 heavy (non-hydrogen) atoms. The third kappa shape index (κ3) is 5.46. The number of carboxylic acid groups (broad SMARTS) is 1. The van der Waals surface area contributed by atoms with E-state index < -0.39 is 24.1 Å². The molecule has 4 heterocycles. The van der Waals surface area contributed by atoms with Crippen LogP contribution >= 0.6 is 11.6 Å². The molecular formula is C30H28ClF2N7O3. The third-order valence-electron chi connectivity index (χ3n) is 8.15. The van der Waals surface area contributed by atoms with E-state index in [4.69, 9.17) is 16.3 Å². The van der Waals surface area contributed by atoms with Gasteiger partial charge in [-0.25, -0.2) is 13.6 Å². The molecule has 0 radical (unpaired) electrons. The molecule has 10 nitrogen and oxygen atoms in total. The fraction of sp³-hybridized carbons (Fsp3) is 0.367. The number of benzene rings is 2. The number of carbonyl (C=O) groups is 1. The van der Waals surface area contributed by atoms with Crippen molar-refractivity contribution in [2.24, 2.45) is 0 Å². The first-order valence-corrected chi connectivity index (χ1v) is 14.3. The zero-order valence-electron chi connectivity index (χ0n) is 23.3. The van der Waals surface area contributed by atoms with Crippen molar-refractivity contribution < 1.29 is 23.4 Å². The summed E-state index contributed by atoms with van der Waals surface area (Å²) in [5.41, 5.74) is 0.515. The standard InChI is InChI=1S/C30H28ClF2N7O3/c1-38-14-18(32)12-20(38)16-43-29-36-27-22(28(37-29)39-10-11-40(30(41)42)19(15-39)8-9-34)13-35-26(25(27)33)21-6-2-4-17-5-3-7-23(31)24(17)21/h2-7,13,18-20H,8,10-12,14-16H2,1H3,(H,41,42)/t18-,19+,20+/m1/s1. The van der Waals surface area contributed by atoms with Crippen LogP contribution in [-0.4, -0.2) is 94.0 Å². The second kappa shape index (κ2) is 11.7. The summed E-state index contributed by atoms with van der Waals surface area (Å²) in [5.74, 6) is -0.386. The van der Waals surface area contributed by atoms with E-state index >= 15 is 4.39 Å². The van der Waals surface area contributed by atoms with Crippen LogP contribution in [0.5, 0.6) is 6.01 Å². The van der Waals surface area contributed by atoms with Crippen molar-refractivity contribution in [1.29, 1.82) is 5.26 Å². The summed E-state index contributed by atoms with van der Waals surface area (Å²) in [6, 6.07) is 12.0. The molecule has 0 aliphatic carbocycles. The van der Waals surface area contributed by atoms with Gasteiger partial charge in [0.15, 0.2) is 5.82 Å². The van der Waals surface area contributed by atoms with Gasteiger partial charge in [0.2, 0.25) is 0 Å². The smallest absolute Gasteiger partial charge is 0.407 e. The van der Waals surface area contributed by atoms with Crippen LogP contribution in [0.25, 0.3) is 32.9 Å². The fourth-order valence-corrected chi connectivity index (χ4v) is 6.25. The molecule has 2 aromatic heterocycles. The van der Waals surface area contributed by atoms with Gasteiger partial charge in [0.25, 0.3) is 0 Å². The van der Waals surface area contributed by atoms with Crippen molar-refractivity contribution >= 4 is 45.2 Å². The van der Waals surface area contributed by atoms with E-state index in [1.54, 1.807) is 23.1 Å². The van der Waals surface area contributed by atoms with Gasteiger partial charge in [0.05, 0.1) is 23.9 Å². The van der Waals surface area contributed by atoms with E-state index in [-0.39, 0.29) is 55.9 Å². The van der Waals surface area contributed by atoms with Gasteiger partial charge in [-0.2, -0.15) is 15.2 Å². The Morgan fingerprint density at radius 1 is 1.19 bits per heavy atom. The van der Waals surface area contributed by atoms with Crippen LogP contribution in [0, 0.1) is 17.1 Å². The second-order valence-corrected chi connectivity index (χ2v) is 11.2. The lowest BCUT2D eigenvalue weighted by Crippen LogP contribution is -2.55. The molecule has 6 rings (SSSR count). The van der Waals surface area contributed by atoms with Crippen molar-refractivity contribution in [3.05, 3.63) is 53.4 Å². The molecular weight excluding hydrogens is 580 g/mol. The van der Waals surface area contributed by atoms with Crippen LogP contribution in [0.4, 0.5) is 19.4 Å². The first kappa shape index (κ1) is 28.8. The number of alkyl halides is 1. The Morgan fingerprint density at radius 2 is 1.98 bits per heavy atom. The van der Waals surface area contributed by atoms with E-state index in [0.717, 1.165) is 5.39 Å². The predicted octanol–water partition coefficient (Wildman–Crippen LogP) is 5.14. The number of pyridine rings is 1. The third-order valence-corrected chi connectivity index (χ3v) is 8.46. The number of anilines is 1. The predicted molar refractivity (Wildman–Crippen MR) is 158 cm³/mol. The molecule has 3 atom stereocenters. The molecule has 2 aliphatic heterocycles. The van der Waals surface area contributed by atoms with Gasteiger partial charge in [-0.15, -0.1) is 0 Å². The van der Waals surface area contributed by atoms with Crippen LogP contribution in [0.1, 0.15) is 12.8 Å². The number of piperazine rings is 1. The van der Waals surface area contributed by atoms with Gasteiger partial charge in [-0.3, -0.25) is 9.88 Å². The summed E-state index contributed by atoms with van der Waals surface area (Å²) in [7, 11) is 1.81. The van der Waals surface area contributed by atoms with Crippen molar-refractivity contribution in [2.45, 2.75) is 31.1 Å². The monoisotopic (exact) mass is 607 g/mol. The van der Waals surface area contributed by atoms with Crippen LogP contribution in [0.3, 0.4) is 0 Å². The van der Waals surface area contributed by atoms with E-state index in [2.05, 4.69) is 15.0 Å². The van der Waals surface area contributed by atoms with Gasteiger partial charge in [-0.05, 0) is 24.9 Å². The largest absolute Gasteiger partial charge is 0.465 e. The number of nitriles is 1. The summed E-state index contributed by atoms with van der Waals surface area (Å²) < 4.78 is 36.4. The van der Waals surface area contributed by atoms with Crippen molar-refractivity contribution in [2.75, 3.05) is 44.7 Å². The molecule has 2 aromatic carbocycles. The summed E-state index contributed by atoms with van der Waals surface area (Å²) in [6.45, 7) is 0.920. The van der Waals surface area contributed by atoms with E-state index in [0.29, 0.717) is 40.1 Å². The van der Waals surface area contributed by atoms with Crippen LogP contribution in [0.15, 0.2) is 42.6 Å². The number of halogens is 3. The highest BCUT2D eigenvalue weighted by Crippen LogP contribution is 2.37. The van der Waals surface area contributed by atoms with Crippen molar-refractivity contribution in [1.82, 2.24) is 24.8 Å². The molecule has 0 spiro atoms. The second-order valence-electron chi connectivity index (χ2n) is 10.8. The quantitative estimate of drug-likeness (QED) is 0.318. The van der Waals surface area contributed by atoms with Crippen LogP contribution in [-0.2, 0) is 0 Å². The maximum Gasteiger partial charge on any atom is 0.407 e. The molecule has 1 N–H and O–H groups in total. The van der Waals surface area contributed by atoms with Crippen molar-refractivity contribution in [3.63, 3.8) is 0 Å². The number of likely N-dealkylation sites (N-methyl/N-ethyl adjacent to an activating group) is 1.